The van der Waals surface area contributed by atoms with Gasteiger partial charge >= 0.3 is 6.03 Å². The fraction of sp³-hybridized carbons (Fsp3) is 0. The molecule has 23 heavy (non-hydrogen) atoms. The Labute approximate surface area is 132 Å². The van der Waals surface area contributed by atoms with Crippen LogP contribution in [0.15, 0.2) is 66.2 Å². The van der Waals surface area contributed by atoms with E-state index in [2.05, 4.69) is 20.6 Å². The molecule has 0 saturated carbocycles. The highest BCUT2D eigenvalue weighted by atomic mass is 16.2. The standard InChI is InChI=1S/C16H14N6O/c17-16(23)20-19-10-13-11-22(14-6-2-1-3-7-14)21-15(13)12-5-4-8-18-9-12/h1-11H,(H3,17,20,23). The average molecular weight is 306 g/mol. The summed E-state index contributed by atoms with van der Waals surface area (Å²) in [5.74, 6) is 0. The number of pyridine rings is 1. The number of carbonyl (C=O) groups excluding carboxylic acids is 1. The van der Waals surface area contributed by atoms with E-state index in [4.69, 9.17) is 5.73 Å². The zero-order valence-electron chi connectivity index (χ0n) is 12.1. The Bertz CT molecular complexity index is 826. The maximum atomic E-state index is 10.7. The third kappa shape index (κ3) is 3.41. The quantitative estimate of drug-likeness (QED) is 0.569. The molecule has 2 heterocycles. The summed E-state index contributed by atoms with van der Waals surface area (Å²) in [5.41, 5.74) is 10.4. The van der Waals surface area contributed by atoms with E-state index in [0.29, 0.717) is 5.69 Å². The third-order valence-electron chi connectivity index (χ3n) is 3.08. The number of nitrogens with one attached hydrogen (secondary N) is 1. The van der Waals surface area contributed by atoms with Gasteiger partial charge in [-0.15, -0.1) is 0 Å². The van der Waals surface area contributed by atoms with Crippen LogP contribution in [0.25, 0.3) is 16.9 Å². The van der Waals surface area contributed by atoms with Gasteiger partial charge in [0.2, 0.25) is 0 Å². The summed E-state index contributed by atoms with van der Waals surface area (Å²) in [4.78, 5) is 14.8. The van der Waals surface area contributed by atoms with Gasteiger partial charge in [0.25, 0.3) is 0 Å². The number of rotatable bonds is 4. The second kappa shape index (κ2) is 6.52. The third-order valence-corrected chi connectivity index (χ3v) is 3.08. The molecule has 0 fully saturated rings. The summed E-state index contributed by atoms with van der Waals surface area (Å²) in [6.07, 6.45) is 6.74. The summed E-state index contributed by atoms with van der Waals surface area (Å²) in [7, 11) is 0. The molecule has 0 spiro atoms. The molecule has 2 amide bonds. The lowest BCUT2D eigenvalue weighted by Gasteiger charge is -1.99. The van der Waals surface area contributed by atoms with Crippen molar-refractivity contribution in [2.45, 2.75) is 0 Å². The van der Waals surface area contributed by atoms with Crippen LogP contribution in [0.2, 0.25) is 0 Å². The molecule has 2 aromatic heterocycles. The molecular formula is C16H14N6O. The predicted octanol–water partition coefficient (Wildman–Crippen LogP) is 1.94. The van der Waals surface area contributed by atoms with Gasteiger partial charge in [0.15, 0.2) is 0 Å². The van der Waals surface area contributed by atoms with E-state index < -0.39 is 6.03 Å². The minimum Gasteiger partial charge on any atom is -0.350 e. The summed E-state index contributed by atoms with van der Waals surface area (Å²) >= 11 is 0. The lowest BCUT2D eigenvalue weighted by Crippen LogP contribution is -2.24. The SMILES string of the molecule is NC(=O)NN=Cc1cn(-c2ccccc2)nc1-c1cccnc1. The van der Waals surface area contributed by atoms with Crippen LogP contribution in [0.4, 0.5) is 4.79 Å². The first-order chi connectivity index (χ1) is 11.2. The summed E-state index contributed by atoms with van der Waals surface area (Å²) < 4.78 is 1.74. The first-order valence-electron chi connectivity index (χ1n) is 6.88. The summed E-state index contributed by atoms with van der Waals surface area (Å²) in [6.45, 7) is 0. The van der Waals surface area contributed by atoms with E-state index in [1.165, 1.54) is 6.21 Å². The average Bonchev–Trinajstić information content (AvgIpc) is 3.00. The largest absolute Gasteiger partial charge is 0.350 e. The molecule has 0 aliphatic rings. The zero-order chi connectivity index (χ0) is 16.1. The number of para-hydroxylation sites is 1. The van der Waals surface area contributed by atoms with Crippen LogP contribution >= 0.6 is 0 Å². The highest BCUT2D eigenvalue weighted by Gasteiger charge is 2.11. The van der Waals surface area contributed by atoms with Crippen LogP contribution < -0.4 is 11.2 Å². The summed E-state index contributed by atoms with van der Waals surface area (Å²) in [5, 5.41) is 8.40. The van der Waals surface area contributed by atoms with Gasteiger partial charge in [-0.25, -0.2) is 14.9 Å². The number of primary amides is 1. The minimum atomic E-state index is -0.723. The van der Waals surface area contributed by atoms with Gasteiger partial charge in [0, 0.05) is 29.7 Å². The number of aromatic nitrogens is 3. The Kier molecular flexibility index (Phi) is 4.10. The number of benzene rings is 1. The van der Waals surface area contributed by atoms with Gasteiger partial charge in [-0.3, -0.25) is 4.98 Å². The lowest BCUT2D eigenvalue weighted by atomic mass is 10.1. The number of hydrogen-bond donors (Lipinski definition) is 2. The monoisotopic (exact) mass is 306 g/mol. The second-order valence-electron chi connectivity index (χ2n) is 4.69. The Balaban J connectivity index is 2.03. The van der Waals surface area contributed by atoms with Crippen LogP contribution in [0, 0.1) is 0 Å². The second-order valence-corrected chi connectivity index (χ2v) is 4.69. The number of nitrogens with two attached hydrogens (primary N) is 1. The Morgan fingerprint density at radius 1 is 1.22 bits per heavy atom. The Hall–Kier alpha value is -3.48. The topological polar surface area (TPSA) is 98.2 Å². The van der Waals surface area contributed by atoms with Crippen LogP contribution in [0.5, 0.6) is 0 Å². The van der Waals surface area contributed by atoms with Gasteiger partial charge < -0.3 is 5.73 Å². The maximum Gasteiger partial charge on any atom is 0.332 e. The highest BCUT2D eigenvalue weighted by molar-refractivity contribution is 5.89. The molecule has 0 saturated heterocycles. The predicted molar refractivity (Wildman–Crippen MR) is 87.1 cm³/mol. The molecule has 0 atom stereocenters. The van der Waals surface area contributed by atoms with E-state index in [1.54, 1.807) is 17.1 Å². The molecule has 7 nitrogen and oxygen atoms in total. The molecule has 0 aliphatic heterocycles. The van der Waals surface area contributed by atoms with Crippen molar-refractivity contribution < 1.29 is 4.79 Å². The van der Waals surface area contributed by atoms with Crippen LogP contribution in [0.3, 0.4) is 0 Å². The van der Waals surface area contributed by atoms with Crippen molar-refractivity contribution in [2.24, 2.45) is 10.8 Å². The lowest BCUT2D eigenvalue weighted by molar-refractivity contribution is 0.249. The van der Waals surface area contributed by atoms with Crippen LogP contribution in [0.1, 0.15) is 5.56 Å². The van der Waals surface area contributed by atoms with Crippen LogP contribution in [-0.2, 0) is 0 Å². The highest BCUT2D eigenvalue weighted by Crippen LogP contribution is 2.21. The first kappa shape index (κ1) is 14.5. The van der Waals surface area contributed by atoms with Crippen molar-refractivity contribution in [3.05, 3.63) is 66.6 Å². The smallest absolute Gasteiger partial charge is 0.332 e. The van der Waals surface area contributed by atoms with Gasteiger partial charge in [-0.1, -0.05) is 18.2 Å². The molecule has 3 N–H and O–H groups in total. The molecule has 114 valence electrons. The molecule has 0 bridgehead atoms. The Morgan fingerprint density at radius 3 is 2.74 bits per heavy atom. The van der Waals surface area contributed by atoms with Crippen molar-refractivity contribution in [3.63, 3.8) is 0 Å². The van der Waals surface area contributed by atoms with Crippen molar-refractivity contribution in [3.8, 4) is 16.9 Å². The van der Waals surface area contributed by atoms with Gasteiger partial charge in [0.1, 0.15) is 5.69 Å². The minimum absolute atomic E-state index is 0.706. The maximum absolute atomic E-state index is 10.7. The molecule has 1 aromatic carbocycles. The molecule has 7 heteroatoms. The normalized spacial score (nSPS) is 10.8. The fourth-order valence-electron chi connectivity index (χ4n) is 2.09. The number of amides is 2. The van der Waals surface area contributed by atoms with Gasteiger partial charge in [-0.05, 0) is 24.3 Å². The van der Waals surface area contributed by atoms with E-state index in [9.17, 15) is 4.79 Å². The Morgan fingerprint density at radius 2 is 2.04 bits per heavy atom. The first-order valence-corrected chi connectivity index (χ1v) is 6.88. The van der Waals surface area contributed by atoms with Gasteiger partial charge in [0.05, 0.1) is 11.9 Å². The molecule has 0 unspecified atom stereocenters. The number of nitrogens with zero attached hydrogens (tertiary/aromatic N) is 4. The van der Waals surface area contributed by atoms with E-state index >= 15 is 0 Å². The summed E-state index contributed by atoms with van der Waals surface area (Å²) in [6, 6.07) is 12.7. The van der Waals surface area contributed by atoms with Crippen molar-refractivity contribution in [1.29, 1.82) is 0 Å². The zero-order valence-corrected chi connectivity index (χ0v) is 12.1. The van der Waals surface area contributed by atoms with Crippen LogP contribution in [-0.4, -0.2) is 27.0 Å². The van der Waals surface area contributed by atoms with Crippen molar-refractivity contribution in [1.82, 2.24) is 20.2 Å². The number of hydrogen-bond acceptors (Lipinski definition) is 4. The molecular weight excluding hydrogens is 292 g/mol. The van der Waals surface area contributed by atoms with Crippen molar-refractivity contribution in [2.75, 3.05) is 0 Å². The molecule has 0 aliphatic carbocycles. The van der Waals surface area contributed by atoms with E-state index in [1.807, 2.05) is 48.7 Å². The van der Waals surface area contributed by atoms with E-state index in [-0.39, 0.29) is 0 Å². The molecule has 3 aromatic rings. The number of hydrazone groups is 1. The molecule has 3 rings (SSSR count). The fourth-order valence-corrected chi connectivity index (χ4v) is 2.09. The number of carbonyl (C=O) groups is 1. The van der Waals surface area contributed by atoms with E-state index in [0.717, 1.165) is 16.8 Å². The van der Waals surface area contributed by atoms with Crippen molar-refractivity contribution >= 4 is 12.2 Å². The molecule has 0 radical (unpaired) electrons. The van der Waals surface area contributed by atoms with Gasteiger partial charge in [-0.2, -0.15) is 10.2 Å². The number of urea groups is 1.